The Bertz CT molecular complexity index is 551. The third-order valence-electron chi connectivity index (χ3n) is 3.37. The zero-order valence-corrected chi connectivity index (χ0v) is 14.4. The standard InChI is InChI=1S/C12H19N3S.C5H5N/c1-9(2)7-11-12(14-16-13-11)10-5-4-6-15(3)8-10;1-2-4-6-5-3-1/h5,9H,4,6-8H2,1-3H3;1-5H. The summed E-state index contributed by atoms with van der Waals surface area (Å²) in [5.41, 5.74) is 3.69. The first kappa shape index (κ1) is 16.8. The summed E-state index contributed by atoms with van der Waals surface area (Å²) >= 11 is 1.34. The van der Waals surface area contributed by atoms with Crippen LogP contribution >= 0.6 is 11.7 Å². The number of hydrogen-bond donors (Lipinski definition) is 0. The van der Waals surface area contributed by atoms with E-state index in [0.29, 0.717) is 5.92 Å². The van der Waals surface area contributed by atoms with Gasteiger partial charge in [-0.15, -0.1) is 0 Å². The van der Waals surface area contributed by atoms with E-state index in [1.165, 1.54) is 23.0 Å². The Morgan fingerprint density at radius 1 is 1.18 bits per heavy atom. The maximum atomic E-state index is 4.46. The molecule has 3 heterocycles. The lowest BCUT2D eigenvalue weighted by Gasteiger charge is -2.22. The highest BCUT2D eigenvalue weighted by atomic mass is 32.1. The Labute approximate surface area is 137 Å². The van der Waals surface area contributed by atoms with E-state index in [1.807, 2.05) is 18.2 Å². The first-order valence-electron chi connectivity index (χ1n) is 7.71. The van der Waals surface area contributed by atoms with Gasteiger partial charge in [0, 0.05) is 25.5 Å². The Balaban J connectivity index is 0.000000246. The van der Waals surface area contributed by atoms with Crippen molar-refractivity contribution in [3.8, 4) is 0 Å². The van der Waals surface area contributed by atoms with E-state index in [-0.39, 0.29) is 0 Å². The van der Waals surface area contributed by atoms with Gasteiger partial charge < -0.3 is 4.90 Å². The molecule has 5 heteroatoms. The van der Waals surface area contributed by atoms with Crippen LogP contribution in [-0.4, -0.2) is 38.8 Å². The molecular weight excluding hydrogens is 292 g/mol. The predicted octanol–water partition coefficient (Wildman–Crippen LogP) is 3.54. The molecule has 0 radical (unpaired) electrons. The highest BCUT2D eigenvalue weighted by molar-refractivity contribution is 6.99. The van der Waals surface area contributed by atoms with Gasteiger partial charge in [-0.05, 0) is 43.5 Å². The molecule has 1 aliphatic heterocycles. The molecule has 0 saturated heterocycles. The van der Waals surface area contributed by atoms with E-state index >= 15 is 0 Å². The fourth-order valence-electron chi connectivity index (χ4n) is 2.35. The van der Waals surface area contributed by atoms with Crippen LogP contribution in [0, 0.1) is 5.92 Å². The second-order valence-electron chi connectivity index (χ2n) is 5.94. The SMILES string of the molecule is CC(C)Cc1nsnc1C1=CCCN(C)C1.c1ccncc1. The second kappa shape index (κ2) is 8.76. The summed E-state index contributed by atoms with van der Waals surface area (Å²) in [6.45, 7) is 6.62. The first-order chi connectivity index (χ1) is 10.7. The predicted molar refractivity (Wildman–Crippen MR) is 92.8 cm³/mol. The molecule has 0 atom stereocenters. The van der Waals surface area contributed by atoms with Crippen molar-refractivity contribution >= 4 is 17.3 Å². The van der Waals surface area contributed by atoms with Crippen LogP contribution in [0.3, 0.4) is 0 Å². The third kappa shape index (κ3) is 5.31. The molecule has 0 aromatic carbocycles. The smallest absolute Gasteiger partial charge is 0.104 e. The van der Waals surface area contributed by atoms with Crippen molar-refractivity contribution in [1.82, 2.24) is 18.6 Å². The van der Waals surface area contributed by atoms with Crippen molar-refractivity contribution in [2.75, 3.05) is 20.1 Å². The van der Waals surface area contributed by atoms with Crippen LogP contribution in [-0.2, 0) is 6.42 Å². The molecule has 0 saturated carbocycles. The minimum Gasteiger partial charge on any atom is -0.302 e. The molecule has 0 bridgehead atoms. The van der Waals surface area contributed by atoms with Crippen molar-refractivity contribution in [3.63, 3.8) is 0 Å². The van der Waals surface area contributed by atoms with Gasteiger partial charge in [0.15, 0.2) is 0 Å². The molecule has 4 nitrogen and oxygen atoms in total. The fourth-order valence-corrected chi connectivity index (χ4v) is 2.95. The van der Waals surface area contributed by atoms with Gasteiger partial charge in [-0.2, -0.15) is 8.75 Å². The summed E-state index contributed by atoms with van der Waals surface area (Å²) in [7, 11) is 2.16. The lowest BCUT2D eigenvalue weighted by atomic mass is 10.0. The average Bonchev–Trinajstić information content (AvgIpc) is 2.97. The first-order valence-corrected chi connectivity index (χ1v) is 8.44. The fraction of sp³-hybridized carbons (Fsp3) is 0.471. The Kier molecular flexibility index (Phi) is 6.68. The summed E-state index contributed by atoms with van der Waals surface area (Å²) in [5.74, 6) is 0.643. The molecule has 0 N–H and O–H groups in total. The summed E-state index contributed by atoms with van der Waals surface area (Å²) in [6.07, 6.45) is 7.98. The average molecular weight is 316 g/mol. The highest BCUT2D eigenvalue weighted by Crippen LogP contribution is 2.23. The van der Waals surface area contributed by atoms with Crippen LogP contribution in [0.2, 0.25) is 0 Å². The van der Waals surface area contributed by atoms with Crippen LogP contribution in [0.15, 0.2) is 36.7 Å². The Hall–Kier alpha value is -1.59. The van der Waals surface area contributed by atoms with Crippen LogP contribution in [0.1, 0.15) is 31.7 Å². The van der Waals surface area contributed by atoms with Crippen molar-refractivity contribution in [3.05, 3.63) is 48.1 Å². The van der Waals surface area contributed by atoms with Gasteiger partial charge in [0.25, 0.3) is 0 Å². The molecule has 2 aromatic heterocycles. The minimum atomic E-state index is 0.643. The lowest BCUT2D eigenvalue weighted by Crippen LogP contribution is -2.25. The Morgan fingerprint density at radius 3 is 2.50 bits per heavy atom. The van der Waals surface area contributed by atoms with Crippen molar-refractivity contribution in [1.29, 1.82) is 0 Å². The molecule has 0 amide bonds. The van der Waals surface area contributed by atoms with Crippen molar-refractivity contribution in [2.24, 2.45) is 5.92 Å². The van der Waals surface area contributed by atoms with E-state index in [4.69, 9.17) is 0 Å². The topological polar surface area (TPSA) is 41.9 Å². The van der Waals surface area contributed by atoms with E-state index < -0.39 is 0 Å². The van der Waals surface area contributed by atoms with Gasteiger partial charge in [-0.25, -0.2) is 0 Å². The second-order valence-corrected chi connectivity index (χ2v) is 6.47. The minimum absolute atomic E-state index is 0.643. The summed E-state index contributed by atoms with van der Waals surface area (Å²) in [5, 5.41) is 0. The number of likely N-dealkylation sites (N-methyl/N-ethyl adjacent to an activating group) is 1. The molecule has 0 spiro atoms. The highest BCUT2D eigenvalue weighted by Gasteiger charge is 2.17. The number of pyridine rings is 1. The van der Waals surface area contributed by atoms with Crippen molar-refractivity contribution in [2.45, 2.75) is 26.7 Å². The number of aromatic nitrogens is 3. The van der Waals surface area contributed by atoms with E-state index in [1.54, 1.807) is 12.4 Å². The zero-order valence-electron chi connectivity index (χ0n) is 13.6. The summed E-state index contributed by atoms with van der Waals surface area (Å²) < 4.78 is 8.89. The van der Waals surface area contributed by atoms with Gasteiger partial charge in [-0.3, -0.25) is 4.98 Å². The molecule has 0 aliphatic carbocycles. The van der Waals surface area contributed by atoms with Gasteiger partial charge in [0.2, 0.25) is 0 Å². The van der Waals surface area contributed by atoms with Gasteiger partial charge >= 0.3 is 0 Å². The summed E-state index contributed by atoms with van der Waals surface area (Å²) in [6, 6.07) is 5.72. The normalized spacial score (nSPS) is 15.2. The van der Waals surface area contributed by atoms with Gasteiger partial charge in [0.05, 0.1) is 17.4 Å². The van der Waals surface area contributed by atoms with Crippen LogP contribution in [0.5, 0.6) is 0 Å². The lowest BCUT2D eigenvalue weighted by molar-refractivity contribution is 0.372. The molecule has 0 fully saturated rings. The van der Waals surface area contributed by atoms with Crippen LogP contribution in [0.4, 0.5) is 0 Å². The van der Waals surface area contributed by atoms with Crippen LogP contribution < -0.4 is 0 Å². The number of rotatable bonds is 3. The van der Waals surface area contributed by atoms with E-state index in [2.05, 4.69) is 45.6 Å². The number of nitrogens with zero attached hydrogens (tertiary/aromatic N) is 4. The zero-order chi connectivity index (χ0) is 15.8. The summed E-state index contributed by atoms with van der Waals surface area (Å²) in [4.78, 5) is 6.13. The Morgan fingerprint density at radius 2 is 1.95 bits per heavy atom. The van der Waals surface area contributed by atoms with Gasteiger partial charge in [0.1, 0.15) is 5.69 Å². The molecule has 1 aliphatic rings. The molecule has 3 rings (SSSR count). The monoisotopic (exact) mass is 316 g/mol. The molecule has 2 aromatic rings. The molecule has 0 unspecified atom stereocenters. The van der Waals surface area contributed by atoms with E-state index in [0.717, 1.165) is 31.6 Å². The maximum Gasteiger partial charge on any atom is 0.104 e. The molecular formula is C17H24N4S. The van der Waals surface area contributed by atoms with Crippen molar-refractivity contribution < 1.29 is 0 Å². The maximum absolute atomic E-state index is 4.46. The van der Waals surface area contributed by atoms with Gasteiger partial charge in [-0.1, -0.05) is 26.0 Å². The third-order valence-corrected chi connectivity index (χ3v) is 3.94. The van der Waals surface area contributed by atoms with Crippen LogP contribution in [0.25, 0.3) is 5.57 Å². The van der Waals surface area contributed by atoms with E-state index in [9.17, 15) is 0 Å². The molecule has 118 valence electrons. The largest absolute Gasteiger partial charge is 0.302 e. The quantitative estimate of drug-likeness (QED) is 0.868. The molecule has 22 heavy (non-hydrogen) atoms. The number of hydrogen-bond acceptors (Lipinski definition) is 5.